The van der Waals surface area contributed by atoms with Crippen LogP contribution < -0.4 is 0 Å². The Morgan fingerprint density at radius 1 is 0.516 bits per heavy atom. The number of thioether (sulfide) groups is 1. The quantitative estimate of drug-likeness (QED) is 0.211. The summed E-state index contributed by atoms with van der Waals surface area (Å²) in [6.45, 7) is 4.21. The Labute approximate surface area is 198 Å². The van der Waals surface area contributed by atoms with E-state index in [1.807, 2.05) is 24.3 Å². The first-order chi connectivity index (χ1) is 15.0. The first kappa shape index (κ1) is 21.8. The summed E-state index contributed by atoms with van der Waals surface area (Å²) in [5.41, 5.74) is 7.07. The van der Waals surface area contributed by atoms with Gasteiger partial charge >= 0.3 is 0 Å². The van der Waals surface area contributed by atoms with Crippen LogP contribution >= 0.6 is 35.0 Å². The van der Waals surface area contributed by atoms with E-state index in [0.29, 0.717) is 0 Å². The maximum absolute atomic E-state index is 6.21. The monoisotopic (exact) mass is 460 g/mol. The van der Waals surface area contributed by atoms with Crippen molar-refractivity contribution in [1.29, 1.82) is 0 Å². The SMILES string of the molecule is Cc1ccc(S/C(=C(\c2ccc(C)cc2)c2ccc(Cl)cc2)c2ccc(Cl)cc2)cc1. The van der Waals surface area contributed by atoms with Gasteiger partial charge in [-0.15, -0.1) is 0 Å². The summed E-state index contributed by atoms with van der Waals surface area (Å²) in [5.74, 6) is 0. The number of benzene rings is 4. The predicted octanol–water partition coefficient (Wildman–Crippen LogP) is 9.32. The molecule has 4 rings (SSSR count). The highest BCUT2D eigenvalue weighted by molar-refractivity contribution is 8.08. The van der Waals surface area contributed by atoms with Gasteiger partial charge in [0.25, 0.3) is 0 Å². The van der Waals surface area contributed by atoms with Crippen LogP contribution in [0.15, 0.2) is 102 Å². The molecule has 0 amide bonds. The number of rotatable bonds is 5. The van der Waals surface area contributed by atoms with Gasteiger partial charge < -0.3 is 0 Å². The van der Waals surface area contributed by atoms with E-state index < -0.39 is 0 Å². The average molecular weight is 461 g/mol. The lowest BCUT2D eigenvalue weighted by atomic mass is 9.95. The Bertz CT molecular complexity index is 1140. The van der Waals surface area contributed by atoms with Gasteiger partial charge in [0.15, 0.2) is 0 Å². The molecule has 31 heavy (non-hydrogen) atoms. The number of halogens is 2. The van der Waals surface area contributed by atoms with Crippen molar-refractivity contribution in [2.75, 3.05) is 0 Å². The molecule has 0 heterocycles. The number of hydrogen-bond donors (Lipinski definition) is 0. The molecule has 0 aromatic heterocycles. The maximum Gasteiger partial charge on any atom is 0.0406 e. The number of hydrogen-bond acceptors (Lipinski definition) is 1. The molecule has 4 aromatic rings. The van der Waals surface area contributed by atoms with E-state index >= 15 is 0 Å². The highest BCUT2D eigenvalue weighted by Crippen LogP contribution is 2.43. The van der Waals surface area contributed by atoms with Gasteiger partial charge in [-0.25, -0.2) is 0 Å². The molecule has 0 saturated carbocycles. The van der Waals surface area contributed by atoms with Crippen LogP contribution in [0.1, 0.15) is 27.8 Å². The van der Waals surface area contributed by atoms with Gasteiger partial charge in [-0.3, -0.25) is 0 Å². The first-order valence-corrected chi connectivity index (χ1v) is 11.6. The van der Waals surface area contributed by atoms with Crippen LogP contribution in [0.5, 0.6) is 0 Å². The molecule has 0 saturated heterocycles. The van der Waals surface area contributed by atoms with E-state index in [-0.39, 0.29) is 0 Å². The van der Waals surface area contributed by atoms with Gasteiger partial charge in [0.1, 0.15) is 0 Å². The molecule has 0 nitrogen and oxygen atoms in total. The van der Waals surface area contributed by atoms with Crippen LogP contribution in [0.2, 0.25) is 10.0 Å². The van der Waals surface area contributed by atoms with Crippen LogP contribution in [0, 0.1) is 13.8 Å². The molecule has 0 fully saturated rings. The van der Waals surface area contributed by atoms with Gasteiger partial charge in [-0.1, -0.05) is 107 Å². The van der Waals surface area contributed by atoms with E-state index in [1.54, 1.807) is 11.8 Å². The van der Waals surface area contributed by atoms with Crippen LogP contribution in [0.3, 0.4) is 0 Å². The maximum atomic E-state index is 6.21. The smallest absolute Gasteiger partial charge is 0.0406 e. The van der Waals surface area contributed by atoms with Gasteiger partial charge in [-0.05, 0) is 66.9 Å². The second-order valence-corrected chi connectivity index (χ2v) is 9.46. The minimum atomic E-state index is 0.728. The van der Waals surface area contributed by atoms with Gasteiger partial charge in [0.2, 0.25) is 0 Å². The van der Waals surface area contributed by atoms with E-state index in [0.717, 1.165) is 26.7 Å². The fourth-order valence-corrected chi connectivity index (χ4v) is 4.70. The molecule has 0 spiro atoms. The largest absolute Gasteiger partial charge is 0.0888 e. The Morgan fingerprint density at radius 3 is 1.39 bits per heavy atom. The normalized spacial score (nSPS) is 11.9. The van der Waals surface area contributed by atoms with Crippen molar-refractivity contribution >= 4 is 45.4 Å². The molecule has 0 bridgehead atoms. The molecule has 154 valence electrons. The van der Waals surface area contributed by atoms with Gasteiger partial charge in [0, 0.05) is 25.4 Å². The lowest BCUT2D eigenvalue weighted by Crippen LogP contribution is -1.94. The zero-order valence-corrected chi connectivity index (χ0v) is 19.7. The van der Waals surface area contributed by atoms with Gasteiger partial charge in [0.05, 0.1) is 0 Å². The summed E-state index contributed by atoms with van der Waals surface area (Å²) in [5, 5.41) is 1.46. The van der Waals surface area contributed by atoms with E-state index in [2.05, 4.69) is 86.6 Å². The Hall–Kier alpha value is -2.45. The fourth-order valence-electron chi connectivity index (χ4n) is 3.35. The topological polar surface area (TPSA) is 0 Å². The van der Waals surface area contributed by atoms with Crippen molar-refractivity contribution in [1.82, 2.24) is 0 Å². The molecular weight excluding hydrogens is 439 g/mol. The van der Waals surface area contributed by atoms with Crippen LogP contribution in [0.25, 0.3) is 10.5 Å². The third kappa shape index (κ3) is 5.43. The third-order valence-corrected chi connectivity index (χ3v) is 6.70. The minimum Gasteiger partial charge on any atom is -0.0888 e. The van der Waals surface area contributed by atoms with Gasteiger partial charge in [-0.2, -0.15) is 0 Å². The average Bonchev–Trinajstić information content (AvgIpc) is 2.78. The standard InChI is InChI=1S/C28H22Cl2S/c1-19-3-7-21(8-4-19)27(22-9-13-24(29)14-10-22)28(23-11-15-25(30)16-12-23)31-26-17-5-20(2)6-18-26/h3-18H,1-2H3/b28-27+. The third-order valence-electron chi connectivity index (χ3n) is 5.05. The van der Waals surface area contributed by atoms with Crippen molar-refractivity contribution in [3.63, 3.8) is 0 Å². The zero-order valence-electron chi connectivity index (χ0n) is 17.4. The van der Waals surface area contributed by atoms with Crippen molar-refractivity contribution in [3.05, 3.63) is 135 Å². The summed E-state index contributed by atoms with van der Waals surface area (Å²) in [6, 6.07) is 33.4. The Kier molecular flexibility index (Phi) is 6.87. The van der Waals surface area contributed by atoms with E-state index in [1.165, 1.54) is 26.5 Å². The summed E-state index contributed by atoms with van der Waals surface area (Å²) >= 11 is 14.2. The molecule has 0 atom stereocenters. The van der Waals surface area contributed by atoms with Crippen LogP contribution in [-0.2, 0) is 0 Å². The lowest BCUT2D eigenvalue weighted by molar-refractivity contribution is 1.38. The van der Waals surface area contributed by atoms with E-state index in [4.69, 9.17) is 23.2 Å². The van der Waals surface area contributed by atoms with E-state index in [9.17, 15) is 0 Å². The highest BCUT2D eigenvalue weighted by atomic mass is 35.5. The molecule has 0 N–H and O–H groups in total. The highest BCUT2D eigenvalue weighted by Gasteiger charge is 2.16. The zero-order chi connectivity index (χ0) is 21.8. The van der Waals surface area contributed by atoms with Crippen molar-refractivity contribution in [3.8, 4) is 0 Å². The number of aryl methyl sites for hydroxylation is 2. The summed E-state index contributed by atoms with van der Waals surface area (Å²) < 4.78 is 0. The summed E-state index contributed by atoms with van der Waals surface area (Å²) in [7, 11) is 0. The minimum absolute atomic E-state index is 0.728. The summed E-state index contributed by atoms with van der Waals surface area (Å²) in [6.07, 6.45) is 0. The Morgan fingerprint density at radius 2 is 0.903 bits per heavy atom. The molecule has 3 heteroatoms. The first-order valence-electron chi connectivity index (χ1n) is 10.1. The van der Waals surface area contributed by atoms with Crippen molar-refractivity contribution < 1.29 is 0 Å². The lowest BCUT2D eigenvalue weighted by Gasteiger charge is -2.18. The van der Waals surface area contributed by atoms with Crippen molar-refractivity contribution in [2.45, 2.75) is 18.7 Å². The second kappa shape index (κ2) is 9.78. The molecule has 4 aromatic carbocycles. The fraction of sp³-hybridized carbons (Fsp3) is 0.0714. The van der Waals surface area contributed by atoms with Crippen LogP contribution in [0.4, 0.5) is 0 Å². The van der Waals surface area contributed by atoms with Crippen molar-refractivity contribution in [2.24, 2.45) is 0 Å². The van der Waals surface area contributed by atoms with Crippen LogP contribution in [-0.4, -0.2) is 0 Å². The Balaban J connectivity index is 1.97. The molecule has 0 aliphatic rings. The molecule has 0 aliphatic carbocycles. The second-order valence-electron chi connectivity index (χ2n) is 7.50. The summed E-state index contributed by atoms with van der Waals surface area (Å²) in [4.78, 5) is 2.36. The molecule has 0 unspecified atom stereocenters. The molecule has 0 radical (unpaired) electrons. The molecule has 0 aliphatic heterocycles. The predicted molar refractivity (Wildman–Crippen MR) is 137 cm³/mol. The molecular formula is C28H22Cl2S.